The number of anilines is 1. The maximum atomic E-state index is 8.78. The minimum absolute atomic E-state index is 0.186. The SMILES string of the molecule is N#CC1CCN(c2ccc(Cl)cc2)C1. The van der Waals surface area contributed by atoms with E-state index in [1.807, 2.05) is 24.3 Å². The van der Waals surface area contributed by atoms with Gasteiger partial charge in [0, 0.05) is 23.8 Å². The van der Waals surface area contributed by atoms with E-state index in [4.69, 9.17) is 16.9 Å². The van der Waals surface area contributed by atoms with E-state index in [1.54, 1.807) is 0 Å². The normalized spacial score (nSPS) is 20.9. The average Bonchev–Trinajstić information content (AvgIpc) is 2.67. The first-order valence-corrected chi connectivity index (χ1v) is 5.07. The van der Waals surface area contributed by atoms with Crippen molar-refractivity contribution in [3.8, 4) is 6.07 Å². The Morgan fingerprint density at radius 2 is 2.07 bits per heavy atom. The molecule has 0 radical (unpaired) electrons. The minimum atomic E-state index is 0.186. The van der Waals surface area contributed by atoms with Gasteiger partial charge in [0.1, 0.15) is 0 Å². The van der Waals surface area contributed by atoms with E-state index < -0.39 is 0 Å². The van der Waals surface area contributed by atoms with E-state index >= 15 is 0 Å². The number of halogens is 1. The van der Waals surface area contributed by atoms with Crippen molar-refractivity contribution in [2.75, 3.05) is 18.0 Å². The first-order valence-electron chi connectivity index (χ1n) is 4.70. The molecular formula is C11H11ClN2. The third kappa shape index (κ3) is 1.83. The highest BCUT2D eigenvalue weighted by Crippen LogP contribution is 2.24. The van der Waals surface area contributed by atoms with E-state index in [2.05, 4.69) is 11.0 Å². The first kappa shape index (κ1) is 9.36. The van der Waals surface area contributed by atoms with Crippen molar-refractivity contribution in [3.05, 3.63) is 29.3 Å². The summed E-state index contributed by atoms with van der Waals surface area (Å²) in [6, 6.07) is 10.1. The fourth-order valence-electron chi connectivity index (χ4n) is 1.75. The van der Waals surface area contributed by atoms with Crippen molar-refractivity contribution in [3.63, 3.8) is 0 Å². The van der Waals surface area contributed by atoms with Gasteiger partial charge in [0.15, 0.2) is 0 Å². The molecule has 72 valence electrons. The predicted octanol–water partition coefficient (Wildman–Crippen LogP) is 2.69. The van der Waals surface area contributed by atoms with E-state index in [0.29, 0.717) is 0 Å². The maximum absolute atomic E-state index is 8.78. The van der Waals surface area contributed by atoms with Gasteiger partial charge in [0.05, 0.1) is 12.0 Å². The summed E-state index contributed by atoms with van der Waals surface area (Å²) < 4.78 is 0. The summed E-state index contributed by atoms with van der Waals surface area (Å²) in [7, 11) is 0. The van der Waals surface area contributed by atoms with Gasteiger partial charge in [-0.3, -0.25) is 0 Å². The summed E-state index contributed by atoms with van der Waals surface area (Å²) in [5, 5.41) is 9.53. The van der Waals surface area contributed by atoms with Crippen LogP contribution >= 0.6 is 11.6 Å². The van der Waals surface area contributed by atoms with Crippen molar-refractivity contribution in [2.45, 2.75) is 6.42 Å². The summed E-state index contributed by atoms with van der Waals surface area (Å²) in [5.74, 6) is 0.186. The molecule has 1 heterocycles. The summed E-state index contributed by atoms with van der Waals surface area (Å²) in [6.45, 7) is 1.82. The lowest BCUT2D eigenvalue weighted by Crippen LogP contribution is -2.18. The van der Waals surface area contributed by atoms with Crippen molar-refractivity contribution >= 4 is 17.3 Å². The number of hydrogen-bond donors (Lipinski definition) is 0. The Labute approximate surface area is 88.7 Å². The van der Waals surface area contributed by atoms with Crippen molar-refractivity contribution in [1.29, 1.82) is 5.26 Å². The van der Waals surface area contributed by atoms with Crippen LogP contribution in [0.15, 0.2) is 24.3 Å². The zero-order chi connectivity index (χ0) is 9.97. The monoisotopic (exact) mass is 206 g/mol. The molecule has 2 nitrogen and oxygen atoms in total. The van der Waals surface area contributed by atoms with Crippen molar-refractivity contribution < 1.29 is 0 Å². The Kier molecular flexibility index (Phi) is 2.60. The van der Waals surface area contributed by atoms with Crippen LogP contribution < -0.4 is 4.90 Å². The highest BCUT2D eigenvalue weighted by Gasteiger charge is 2.21. The molecule has 1 aromatic carbocycles. The summed E-state index contributed by atoms with van der Waals surface area (Å²) in [5.41, 5.74) is 1.16. The second-order valence-electron chi connectivity index (χ2n) is 3.54. The van der Waals surface area contributed by atoms with E-state index in [-0.39, 0.29) is 5.92 Å². The number of nitriles is 1. The zero-order valence-corrected chi connectivity index (χ0v) is 8.54. The highest BCUT2D eigenvalue weighted by atomic mass is 35.5. The van der Waals surface area contributed by atoms with E-state index in [0.717, 1.165) is 30.2 Å². The second kappa shape index (κ2) is 3.89. The Hall–Kier alpha value is -1.20. The molecule has 2 rings (SSSR count). The number of hydrogen-bond acceptors (Lipinski definition) is 2. The van der Waals surface area contributed by atoms with Crippen LogP contribution in [0.2, 0.25) is 5.02 Å². The van der Waals surface area contributed by atoms with Gasteiger partial charge < -0.3 is 4.90 Å². The van der Waals surface area contributed by atoms with Crippen LogP contribution in [-0.2, 0) is 0 Å². The summed E-state index contributed by atoms with van der Waals surface area (Å²) in [6.07, 6.45) is 0.971. The Morgan fingerprint density at radius 3 is 2.64 bits per heavy atom. The fourth-order valence-corrected chi connectivity index (χ4v) is 1.88. The zero-order valence-electron chi connectivity index (χ0n) is 7.78. The molecule has 3 heteroatoms. The van der Waals surface area contributed by atoms with Gasteiger partial charge >= 0.3 is 0 Å². The standard InChI is InChI=1S/C11H11ClN2/c12-10-1-3-11(4-2-10)14-6-5-9(7-13)8-14/h1-4,9H,5-6,8H2. The smallest absolute Gasteiger partial charge is 0.0675 e. The molecule has 1 aliphatic rings. The van der Waals surface area contributed by atoms with E-state index in [1.165, 1.54) is 0 Å². The van der Waals surface area contributed by atoms with Crippen LogP contribution in [0.1, 0.15) is 6.42 Å². The third-order valence-electron chi connectivity index (χ3n) is 2.56. The lowest BCUT2D eigenvalue weighted by Gasteiger charge is -2.17. The van der Waals surface area contributed by atoms with Crippen LogP contribution in [0.25, 0.3) is 0 Å². The molecular weight excluding hydrogens is 196 g/mol. The number of nitrogens with zero attached hydrogens (tertiary/aromatic N) is 2. The van der Waals surface area contributed by atoms with Crippen LogP contribution in [0.4, 0.5) is 5.69 Å². The molecule has 1 atom stereocenters. The lowest BCUT2D eigenvalue weighted by molar-refractivity contribution is 0.755. The predicted molar refractivity (Wildman–Crippen MR) is 57.4 cm³/mol. The van der Waals surface area contributed by atoms with Gasteiger partial charge in [0.2, 0.25) is 0 Å². The molecule has 0 aromatic heterocycles. The van der Waals surface area contributed by atoms with Gasteiger partial charge in [0.25, 0.3) is 0 Å². The number of rotatable bonds is 1. The third-order valence-corrected chi connectivity index (χ3v) is 2.81. The van der Waals surface area contributed by atoms with Crippen LogP contribution in [0, 0.1) is 17.2 Å². The summed E-state index contributed by atoms with van der Waals surface area (Å²) >= 11 is 5.80. The average molecular weight is 207 g/mol. The fraction of sp³-hybridized carbons (Fsp3) is 0.364. The largest absolute Gasteiger partial charge is 0.370 e. The minimum Gasteiger partial charge on any atom is -0.370 e. The van der Waals surface area contributed by atoms with Gasteiger partial charge in [-0.25, -0.2) is 0 Å². The number of benzene rings is 1. The molecule has 1 aromatic rings. The van der Waals surface area contributed by atoms with Gasteiger partial charge in [-0.1, -0.05) is 11.6 Å². The molecule has 1 aliphatic heterocycles. The maximum Gasteiger partial charge on any atom is 0.0675 e. The Bertz CT molecular complexity index is 353. The molecule has 14 heavy (non-hydrogen) atoms. The van der Waals surface area contributed by atoms with Crippen LogP contribution in [-0.4, -0.2) is 13.1 Å². The van der Waals surface area contributed by atoms with Gasteiger partial charge in [-0.2, -0.15) is 5.26 Å². The first-order chi connectivity index (χ1) is 6.79. The molecule has 0 aliphatic carbocycles. The molecule has 0 amide bonds. The molecule has 1 saturated heterocycles. The molecule has 1 fully saturated rings. The Balaban J connectivity index is 2.10. The quantitative estimate of drug-likeness (QED) is 0.707. The van der Waals surface area contributed by atoms with Crippen molar-refractivity contribution in [1.82, 2.24) is 0 Å². The summed E-state index contributed by atoms with van der Waals surface area (Å²) in [4.78, 5) is 2.23. The highest BCUT2D eigenvalue weighted by molar-refractivity contribution is 6.30. The lowest BCUT2D eigenvalue weighted by atomic mass is 10.1. The Morgan fingerprint density at radius 1 is 1.36 bits per heavy atom. The van der Waals surface area contributed by atoms with Crippen molar-refractivity contribution in [2.24, 2.45) is 5.92 Å². The molecule has 1 unspecified atom stereocenters. The topological polar surface area (TPSA) is 27.0 Å². The van der Waals surface area contributed by atoms with Crippen LogP contribution in [0.5, 0.6) is 0 Å². The van der Waals surface area contributed by atoms with Gasteiger partial charge in [-0.05, 0) is 30.7 Å². The second-order valence-corrected chi connectivity index (χ2v) is 3.97. The van der Waals surface area contributed by atoms with Crippen LogP contribution in [0.3, 0.4) is 0 Å². The molecule has 0 N–H and O–H groups in total. The molecule has 0 spiro atoms. The molecule has 0 bridgehead atoms. The van der Waals surface area contributed by atoms with Gasteiger partial charge in [-0.15, -0.1) is 0 Å². The van der Waals surface area contributed by atoms with E-state index in [9.17, 15) is 0 Å². The molecule has 0 saturated carbocycles.